The van der Waals surface area contributed by atoms with Gasteiger partial charge >= 0.3 is 12.1 Å². The van der Waals surface area contributed by atoms with Crippen LogP contribution in [0.3, 0.4) is 0 Å². The van der Waals surface area contributed by atoms with Gasteiger partial charge in [0.1, 0.15) is 6.10 Å². The van der Waals surface area contributed by atoms with Crippen molar-refractivity contribution in [2.24, 2.45) is 0 Å². The maximum absolute atomic E-state index is 12.3. The average molecular weight is 428 g/mol. The van der Waals surface area contributed by atoms with Crippen LogP contribution >= 0.6 is 11.6 Å². The Hall–Kier alpha value is -2.24. The van der Waals surface area contributed by atoms with Gasteiger partial charge in [-0.1, -0.05) is 17.5 Å². The third kappa shape index (κ3) is 4.42. The summed E-state index contributed by atoms with van der Waals surface area (Å²) in [5.41, 5.74) is 1.13. The number of sulfone groups is 1. The molecule has 2 rings (SSSR count). The summed E-state index contributed by atoms with van der Waals surface area (Å²) >= 11 is 6.19. The molecule has 0 unspecified atom stereocenters. The molecule has 1 aliphatic heterocycles. The molecule has 1 heterocycles. The van der Waals surface area contributed by atoms with E-state index in [2.05, 4.69) is 11.8 Å². The van der Waals surface area contributed by atoms with E-state index in [0.29, 0.717) is 16.3 Å². The van der Waals surface area contributed by atoms with Gasteiger partial charge in [0, 0.05) is 23.9 Å². The highest BCUT2D eigenvalue weighted by atomic mass is 35.5. The number of cyclic esters (lactones) is 1. The normalized spacial score (nSPS) is 18.7. The molecule has 0 saturated carbocycles. The van der Waals surface area contributed by atoms with Gasteiger partial charge in [0.15, 0.2) is 14.6 Å². The van der Waals surface area contributed by atoms with Crippen molar-refractivity contribution >= 4 is 39.2 Å². The van der Waals surface area contributed by atoms with Gasteiger partial charge in [-0.05, 0) is 39.0 Å². The van der Waals surface area contributed by atoms with Crippen LogP contribution in [-0.4, -0.2) is 50.7 Å². The number of ether oxygens (including phenoxy) is 2. The zero-order valence-corrected chi connectivity index (χ0v) is 17.7. The molecule has 1 amide bonds. The molecule has 1 aliphatic rings. The van der Waals surface area contributed by atoms with Crippen LogP contribution < -0.4 is 4.90 Å². The highest BCUT2D eigenvalue weighted by Gasteiger charge is 2.49. The van der Waals surface area contributed by atoms with Crippen molar-refractivity contribution in [1.29, 1.82) is 0 Å². The SMILES string of the molecule is CC#Cc1ccc(N2C[C@H](C[C@](C)(C(=O)OCC)S(C)(=O)=O)OC2=O)cc1Cl. The van der Waals surface area contributed by atoms with Gasteiger partial charge in [0.25, 0.3) is 0 Å². The Labute approximate surface area is 169 Å². The Morgan fingerprint density at radius 1 is 1.46 bits per heavy atom. The highest BCUT2D eigenvalue weighted by molar-refractivity contribution is 7.92. The van der Waals surface area contributed by atoms with E-state index >= 15 is 0 Å². The van der Waals surface area contributed by atoms with Crippen LogP contribution in [0.5, 0.6) is 0 Å². The number of hydrogen-bond donors (Lipinski definition) is 0. The molecule has 0 N–H and O–H groups in total. The van der Waals surface area contributed by atoms with Gasteiger partial charge in [-0.3, -0.25) is 9.69 Å². The molecule has 0 aromatic heterocycles. The summed E-state index contributed by atoms with van der Waals surface area (Å²) in [6, 6.07) is 4.95. The molecule has 0 spiro atoms. The number of carbonyl (C=O) groups excluding carboxylic acids is 2. The summed E-state index contributed by atoms with van der Waals surface area (Å²) < 4.78 is 32.9. The minimum absolute atomic E-state index is 0.0476. The van der Waals surface area contributed by atoms with Crippen molar-refractivity contribution in [2.45, 2.75) is 38.0 Å². The summed E-state index contributed by atoms with van der Waals surface area (Å²) in [4.78, 5) is 25.9. The first-order valence-electron chi connectivity index (χ1n) is 8.60. The molecule has 1 aromatic rings. The summed E-state index contributed by atoms with van der Waals surface area (Å²) in [7, 11) is -3.81. The summed E-state index contributed by atoms with van der Waals surface area (Å²) in [5.74, 6) is 4.74. The molecule has 1 aromatic carbocycles. The van der Waals surface area contributed by atoms with Crippen molar-refractivity contribution in [1.82, 2.24) is 0 Å². The number of esters is 1. The zero-order valence-electron chi connectivity index (χ0n) is 16.1. The topological polar surface area (TPSA) is 90.0 Å². The van der Waals surface area contributed by atoms with Crippen LogP contribution in [0.1, 0.15) is 32.8 Å². The number of anilines is 1. The van der Waals surface area contributed by atoms with Crippen LogP contribution in [0.25, 0.3) is 0 Å². The van der Waals surface area contributed by atoms with Crippen LogP contribution in [0.4, 0.5) is 10.5 Å². The number of halogens is 1. The monoisotopic (exact) mass is 427 g/mol. The Kier molecular flexibility index (Phi) is 6.63. The van der Waals surface area contributed by atoms with E-state index in [4.69, 9.17) is 21.1 Å². The fraction of sp³-hybridized carbons (Fsp3) is 0.474. The maximum Gasteiger partial charge on any atom is 0.414 e. The minimum Gasteiger partial charge on any atom is -0.465 e. The Morgan fingerprint density at radius 2 is 2.14 bits per heavy atom. The Bertz CT molecular complexity index is 949. The number of benzene rings is 1. The summed E-state index contributed by atoms with van der Waals surface area (Å²) in [6.07, 6.45) is -0.688. The van der Waals surface area contributed by atoms with Crippen molar-refractivity contribution < 1.29 is 27.5 Å². The summed E-state index contributed by atoms with van der Waals surface area (Å²) in [6.45, 7) is 4.69. The van der Waals surface area contributed by atoms with Gasteiger partial charge in [0.05, 0.1) is 18.2 Å². The van der Waals surface area contributed by atoms with Crippen LogP contribution in [0.15, 0.2) is 18.2 Å². The molecular weight excluding hydrogens is 406 g/mol. The quantitative estimate of drug-likeness (QED) is 0.512. The second-order valence-electron chi connectivity index (χ2n) is 6.58. The lowest BCUT2D eigenvalue weighted by molar-refractivity contribution is -0.146. The second kappa shape index (κ2) is 8.41. The average Bonchev–Trinajstić information content (AvgIpc) is 2.96. The predicted octanol–water partition coefficient (Wildman–Crippen LogP) is 2.79. The molecule has 9 heteroatoms. The Balaban J connectivity index is 2.25. The number of amides is 1. The first-order valence-corrected chi connectivity index (χ1v) is 10.9. The van der Waals surface area contributed by atoms with Crippen LogP contribution in [-0.2, 0) is 24.1 Å². The van der Waals surface area contributed by atoms with Gasteiger partial charge < -0.3 is 9.47 Å². The molecule has 152 valence electrons. The third-order valence-corrected chi connectivity index (χ3v) is 6.82. The van der Waals surface area contributed by atoms with E-state index in [1.165, 1.54) is 11.8 Å². The van der Waals surface area contributed by atoms with Crippen molar-refractivity contribution in [3.05, 3.63) is 28.8 Å². The van der Waals surface area contributed by atoms with E-state index < -0.39 is 32.8 Å². The van der Waals surface area contributed by atoms with Crippen LogP contribution in [0.2, 0.25) is 5.02 Å². The summed E-state index contributed by atoms with van der Waals surface area (Å²) in [5, 5.41) is 0.385. The fourth-order valence-corrected chi connectivity index (χ4v) is 3.92. The van der Waals surface area contributed by atoms with Crippen molar-refractivity contribution in [3.8, 4) is 11.8 Å². The largest absolute Gasteiger partial charge is 0.465 e. The third-order valence-electron chi connectivity index (χ3n) is 4.54. The molecule has 7 nitrogen and oxygen atoms in total. The van der Waals surface area contributed by atoms with Crippen molar-refractivity contribution in [2.75, 3.05) is 24.3 Å². The van der Waals surface area contributed by atoms with Crippen LogP contribution in [0, 0.1) is 11.8 Å². The smallest absolute Gasteiger partial charge is 0.414 e. The standard InChI is InChI=1S/C19H22ClNO6S/c1-5-7-13-8-9-14(10-16(13)20)21-12-15(27-18(21)23)11-19(3,28(4,24)25)17(22)26-6-2/h8-10,15H,6,11-12H2,1-4H3/t15-,19+/m0/s1. The number of carbonyl (C=O) groups is 2. The lowest BCUT2D eigenvalue weighted by Crippen LogP contribution is -2.47. The molecule has 0 bridgehead atoms. The first-order chi connectivity index (χ1) is 13.0. The lowest BCUT2D eigenvalue weighted by atomic mass is 10.0. The van der Waals surface area contributed by atoms with Gasteiger partial charge in [-0.15, -0.1) is 5.92 Å². The second-order valence-corrected chi connectivity index (χ2v) is 9.44. The van der Waals surface area contributed by atoms with Crippen molar-refractivity contribution in [3.63, 3.8) is 0 Å². The number of nitrogens with zero attached hydrogens (tertiary/aromatic N) is 1. The van der Waals surface area contributed by atoms with Gasteiger partial charge in [-0.25, -0.2) is 13.2 Å². The van der Waals surface area contributed by atoms with E-state index in [1.807, 2.05) is 0 Å². The zero-order chi connectivity index (χ0) is 21.1. The van der Waals surface area contributed by atoms with Gasteiger partial charge in [0.2, 0.25) is 0 Å². The van der Waals surface area contributed by atoms with E-state index in [9.17, 15) is 18.0 Å². The number of rotatable bonds is 6. The molecule has 0 radical (unpaired) electrons. The molecule has 28 heavy (non-hydrogen) atoms. The highest BCUT2D eigenvalue weighted by Crippen LogP contribution is 2.32. The maximum atomic E-state index is 12.3. The van der Waals surface area contributed by atoms with E-state index in [-0.39, 0.29) is 19.6 Å². The Morgan fingerprint density at radius 3 is 2.68 bits per heavy atom. The fourth-order valence-electron chi connectivity index (χ4n) is 2.85. The van der Waals surface area contributed by atoms with E-state index in [1.54, 1.807) is 32.0 Å². The van der Waals surface area contributed by atoms with Gasteiger partial charge in [-0.2, -0.15) is 0 Å². The molecular formula is C19H22ClNO6S. The molecule has 0 aliphatic carbocycles. The number of hydrogen-bond acceptors (Lipinski definition) is 6. The van der Waals surface area contributed by atoms with E-state index in [0.717, 1.165) is 6.26 Å². The lowest BCUT2D eigenvalue weighted by Gasteiger charge is -2.27. The molecule has 1 fully saturated rings. The molecule has 1 saturated heterocycles. The minimum atomic E-state index is -3.81. The first kappa shape index (κ1) is 22.1. The molecule has 2 atom stereocenters. The predicted molar refractivity (Wildman–Crippen MR) is 106 cm³/mol.